The maximum atomic E-state index is 9.63. The van der Waals surface area contributed by atoms with Gasteiger partial charge in [0.2, 0.25) is 0 Å². The van der Waals surface area contributed by atoms with Crippen molar-refractivity contribution < 1.29 is 0 Å². The number of hydrogen-bond donors (Lipinski definition) is 1. The Bertz CT molecular complexity index is 496. The molecule has 1 aromatic rings. The molecule has 1 atom stereocenters. The molecule has 1 fully saturated rings. The summed E-state index contributed by atoms with van der Waals surface area (Å²) in [4.78, 5) is 0. The number of aryl methyl sites for hydroxylation is 1. The molecule has 4 heteroatoms. The number of nitrogens with one attached hydrogen (secondary N) is 1. The second-order valence-electron chi connectivity index (χ2n) is 7.27. The van der Waals surface area contributed by atoms with Gasteiger partial charge in [-0.1, -0.05) is 46.5 Å². The third-order valence-electron chi connectivity index (χ3n) is 4.27. The molecule has 0 spiro atoms. The van der Waals surface area contributed by atoms with E-state index in [4.69, 9.17) is 0 Å². The topological polar surface area (TPSA) is 53.6 Å². The van der Waals surface area contributed by atoms with E-state index in [1.165, 1.54) is 38.5 Å². The zero-order valence-electron chi connectivity index (χ0n) is 13.8. The van der Waals surface area contributed by atoms with Gasteiger partial charge in [-0.05, 0) is 12.8 Å². The molecule has 1 N–H and O–H groups in total. The molecule has 1 aromatic heterocycles. The molecule has 0 radical (unpaired) electrons. The summed E-state index contributed by atoms with van der Waals surface area (Å²) in [5, 5.41) is 17.8. The van der Waals surface area contributed by atoms with Gasteiger partial charge in [-0.25, -0.2) is 0 Å². The molecule has 116 valence electrons. The van der Waals surface area contributed by atoms with E-state index < -0.39 is 0 Å². The first-order chi connectivity index (χ1) is 9.91. The monoisotopic (exact) mass is 288 g/mol. The lowest BCUT2D eigenvalue weighted by Crippen LogP contribution is -2.33. The van der Waals surface area contributed by atoms with Crippen LogP contribution in [0.25, 0.3) is 0 Å². The molecule has 0 amide bonds. The van der Waals surface area contributed by atoms with Gasteiger partial charge < -0.3 is 0 Å². The summed E-state index contributed by atoms with van der Waals surface area (Å²) in [7, 11) is 1.93. The number of nitrogens with zero attached hydrogens (tertiary/aromatic N) is 3. The van der Waals surface area contributed by atoms with Crippen molar-refractivity contribution in [3.8, 4) is 6.07 Å². The largest absolute Gasteiger partial charge is 0.295 e. The van der Waals surface area contributed by atoms with Gasteiger partial charge in [-0.3, -0.25) is 10.00 Å². The van der Waals surface area contributed by atoms with Crippen molar-refractivity contribution >= 4 is 0 Å². The first-order valence-electron chi connectivity index (χ1n) is 8.11. The van der Waals surface area contributed by atoms with Crippen LogP contribution in [-0.2, 0) is 12.5 Å². The molecule has 4 nitrogen and oxygen atoms in total. The molecule has 1 saturated carbocycles. The Morgan fingerprint density at radius 3 is 2.43 bits per heavy atom. The third-order valence-corrected chi connectivity index (χ3v) is 4.27. The molecule has 21 heavy (non-hydrogen) atoms. The minimum absolute atomic E-state index is 0.0448. The lowest BCUT2D eigenvalue weighted by molar-refractivity contribution is 0.431. The van der Waals surface area contributed by atoms with Crippen LogP contribution in [0.2, 0.25) is 0 Å². The minimum Gasteiger partial charge on any atom is -0.295 e. The summed E-state index contributed by atoms with van der Waals surface area (Å²) >= 11 is 0. The summed E-state index contributed by atoms with van der Waals surface area (Å²) in [5.41, 5.74) is 2.02. The Kier molecular flexibility index (Phi) is 5.05. The van der Waals surface area contributed by atoms with Crippen LogP contribution in [0.1, 0.15) is 76.6 Å². The maximum absolute atomic E-state index is 9.63. The van der Waals surface area contributed by atoms with Crippen LogP contribution in [0.5, 0.6) is 0 Å². The second kappa shape index (κ2) is 6.62. The highest BCUT2D eigenvalue weighted by Gasteiger charge is 2.28. The molecule has 0 saturated heterocycles. The van der Waals surface area contributed by atoms with Crippen LogP contribution in [0.4, 0.5) is 0 Å². The predicted octanol–water partition coefficient (Wildman–Crippen LogP) is 3.59. The van der Waals surface area contributed by atoms with Gasteiger partial charge in [0.05, 0.1) is 11.8 Å². The summed E-state index contributed by atoms with van der Waals surface area (Å²) in [6.45, 7) is 6.46. The van der Waals surface area contributed by atoms with Gasteiger partial charge in [-0.2, -0.15) is 10.4 Å². The average Bonchev–Trinajstić information content (AvgIpc) is 2.64. The highest BCUT2D eigenvalue weighted by atomic mass is 15.3. The van der Waals surface area contributed by atoms with E-state index in [2.05, 4.69) is 37.3 Å². The van der Waals surface area contributed by atoms with Crippen molar-refractivity contribution in [2.24, 2.45) is 7.05 Å². The van der Waals surface area contributed by atoms with E-state index in [0.29, 0.717) is 6.04 Å². The van der Waals surface area contributed by atoms with Crippen LogP contribution in [0.3, 0.4) is 0 Å². The highest BCUT2D eigenvalue weighted by molar-refractivity contribution is 5.31. The van der Waals surface area contributed by atoms with Gasteiger partial charge in [0.1, 0.15) is 6.04 Å². The van der Waals surface area contributed by atoms with Crippen molar-refractivity contribution in [2.45, 2.75) is 76.8 Å². The van der Waals surface area contributed by atoms with Crippen LogP contribution in [0, 0.1) is 11.3 Å². The SMILES string of the molecule is Cn1cc(C(C#N)NC2CCCCCC2)c(C(C)(C)C)n1. The van der Waals surface area contributed by atoms with Crippen LogP contribution < -0.4 is 5.32 Å². The minimum atomic E-state index is -0.254. The number of nitriles is 1. The van der Waals surface area contributed by atoms with E-state index >= 15 is 0 Å². The zero-order valence-corrected chi connectivity index (χ0v) is 13.8. The maximum Gasteiger partial charge on any atom is 0.124 e. The summed E-state index contributed by atoms with van der Waals surface area (Å²) in [6.07, 6.45) is 9.57. The van der Waals surface area contributed by atoms with Crippen molar-refractivity contribution in [1.82, 2.24) is 15.1 Å². The molecule has 0 bridgehead atoms. The van der Waals surface area contributed by atoms with Gasteiger partial charge in [0, 0.05) is 30.3 Å². The molecule has 1 unspecified atom stereocenters. The molecule has 1 heterocycles. The first-order valence-corrected chi connectivity index (χ1v) is 8.11. The number of hydrogen-bond acceptors (Lipinski definition) is 3. The quantitative estimate of drug-likeness (QED) is 0.865. The van der Waals surface area contributed by atoms with Crippen LogP contribution in [-0.4, -0.2) is 15.8 Å². The standard InChI is InChI=1S/C17H28N4/c1-17(2,3)16-14(12-21(4)20-16)15(11-18)19-13-9-7-5-6-8-10-13/h12-13,15,19H,5-10H2,1-4H3. The lowest BCUT2D eigenvalue weighted by Gasteiger charge is -2.23. The van der Waals surface area contributed by atoms with E-state index in [0.717, 1.165) is 11.3 Å². The molecule has 1 aliphatic carbocycles. The number of aromatic nitrogens is 2. The number of rotatable bonds is 3. The van der Waals surface area contributed by atoms with Crippen LogP contribution >= 0.6 is 0 Å². The molecule has 2 rings (SSSR count). The van der Waals surface area contributed by atoms with E-state index in [1.54, 1.807) is 0 Å². The molecular formula is C17H28N4. The average molecular weight is 288 g/mol. The van der Waals surface area contributed by atoms with E-state index in [9.17, 15) is 5.26 Å². The Balaban J connectivity index is 2.19. The Hall–Kier alpha value is -1.34. The van der Waals surface area contributed by atoms with Crippen molar-refractivity contribution in [1.29, 1.82) is 5.26 Å². The van der Waals surface area contributed by atoms with E-state index in [1.807, 2.05) is 17.9 Å². The molecular weight excluding hydrogens is 260 g/mol. The van der Waals surface area contributed by atoms with Gasteiger partial charge in [0.15, 0.2) is 0 Å². The third kappa shape index (κ3) is 4.07. The summed E-state index contributed by atoms with van der Waals surface area (Å²) < 4.78 is 1.83. The summed E-state index contributed by atoms with van der Waals surface area (Å²) in [6, 6.07) is 2.66. The molecule has 0 aliphatic heterocycles. The van der Waals surface area contributed by atoms with Gasteiger partial charge >= 0.3 is 0 Å². The lowest BCUT2D eigenvalue weighted by atomic mass is 9.87. The van der Waals surface area contributed by atoms with E-state index in [-0.39, 0.29) is 11.5 Å². The normalized spacial score (nSPS) is 19.0. The smallest absolute Gasteiger partial charge is 0.124 e. The fraction of sp³-hybridized carbons (Fsp3) is 0.765. The fourth-order valence-corrected chi connectivity index (χ4v) is 3.18. The first kappa shape index (κ1) is 16.0. The van der Waals surface area contributed by atoms with Crippen LogP contribution in [0.15, 0.2) is 6.20 Å². The Morgan fingerprint density at radius 2 is 1.90 bits per heavy atom. The fourth-order valence-electron chi connectivity index (χ4n) is 3.18. The highest BCUT2D eigenvalue weighted by Crippen LogP contribution is 2.29. The van der Waals surface area contributed by atoms with Crippen molar-refractivity contribution in [3.63, 3.8) is 0 Å². The van der Waals surface area contributed by atoms with Crippen molar-refractivity contribution in [2.75, 3.05) is 0 Å². The Labute approximate surface area is 128 Å². The van der Waals surface area contributed by atoms with Crippen molar-refractivity contribution in [3.05, 3.63) is 17.5 Å². The van der Waals surface area contributed by atoms with Gasteiger partial charge in [0.25, 0.3) is 0 Å². The zero-order chi connectivity index (χ0) is 15.5. The Morgan fingerprint density at radius 1 is 1.29 bits per heavy atom. The second-order valence-corrected chi connectivity index (χ2v) is 7.27. The van der Waals surface area contributed by atoms with Gasteiger partial charge in [-0.15, -0.1) is 0 Å². The molecule has 1 aliphatic rings. The predicted molar refractivity (Wildman–Crippen MR) is 84.9 cm³/mol. The molecule has 0 aromatic carbocycles. The summed E-state index contributed by atoms with van der Waals surface area (Å²) in [5.74, 6) is 0.